The molecule has 1 aromatic heterocycles. The topological polar surface area (TPSA) is 67.2 Å². The quantitative estimate of drug-likeness (QED) is 0.255. The van der Waals surface area contributed by atoms with Crippen LogP contribution in [0.15, 0.2) is 84.9 Å². The Morgan fingerprint density at radius 1 is 0.923 bits per heavy atom. The number of nitrogens with one attached hydrogen (secondary N) is 1. The lowest BCUT2D eigenvalue weighted by Gasteiger charge is -2.23. The second kappa shape index (κ2) is 12.3. The molecule has 202 valence electrons. The van der Waals surface area contributed by atoms with Gasteiger partial charge in [0.2, 0.25) is 5.91 Å². The molecule has 4 rings (SSSR count). The molecule has 0 aliphatic heterocycles. The molecule has 1 heterocycles. The van der Waals surface area contributed by atoms with Gasteiger partial charge in [-0.1, -0.05) is 93.9 Å². The number of amides is 2. The van der Waals surface area contributed by atoms with E-state index in [9.17, 15) is 9.59 Å². The second-order valence-electron chi connectivity index (χ2n) is 10.6. The number of para-hydroxylation sites is 1. The van der Waals surface area contributed by atoms with Crippen LogP contribution in [0, 0.1) is 0 Å². The third-order valence-corrected chi connectivity index (χ3v) is 6.89. The van der Waals surface area contributed by atoms with Crippen molar-refractivity contribution in [2.75, 3.05) is 18.4 Å². The Morgan fingerprint density at radius 3 is 2.23 bits per heavy atom. The third kappa shape index (κ3) is 7.15. The minimum absolute atomic E-state index is 0.0975. The molecule has 3 aromatic carbocycles. The number of carbonyl (C=O) groups is 2. The fraction of sp³-hybridized carbons (Fsp3) is 0.281. The van der Waals surface area contributed by atoms with E-state index in [1.54, 1.807) is 15.6 Å². The summed E-state index contributed by atoms with van der Waals surface area (Å²) in [5, 5.41) is 8.27. The van der Waals surface area contributed by atoms with Gasteiger partial charge in [0.15, 0.2) is 0 Å². The molecule has 7 heteroatoms. The van der Waals surface area contributed by atoms with Gasteiger partial charge < -0.3 is 10.2 Å². The summed E-state index contributed by atoms with van der Waals surface area (Å²) in [5.41, 5.74) is 4.05. The van der Waals surface area contributed by atoms with Crippen molar-refractivity contribution in [2.24, 2.45) is 0 Å². The average Bonchev–Trinajstić information content (AvgIpc) is 3.35. The molecule has 0 unspecified atom stereocenters. The van der Waals surface area contributed by atoms with E-state index in [1.165, 1.54) is 0 Å². The van der Waals surface area contributed by atoms with Crippen LogP contribution in [0.1, 0.15) is 54.9 Å². The zero-order chi connectivity index (χ0) is 28.0. The first kappa shape index (κ1) is 28.1. The Labute approximate surface area is 235 Å². The number of carbonyl (C=O) groups excluding carboxylic acids is 2. The average molecular weight is 543 g/mol. The van der Waals surface area contributed by atoms with Crippen LogP contribution in [-0.4, -0.2) is 39.6 Å². The molecule has 0 aliphatic rings. The van der Waals surface area contributed by atoms with Crippen LogP contribution in [0.25, 0.3) is 5.69 Å². The molecule has 0 radical (unpaired) electrons. The zero-order valence-corrected chi connectivity index (χ0v) is 23.7. The molecule has 0 bridgehead atoms. The van der Waals surface area contributed by atoms with E-state index in [4.69, 9.17) is 16.7 Å². The number of benzene rings is 3. The molecule has 0 spiro atoms. The van der Waals surface area contributed by atoms with Gasteiger partial charge in [0, 0.05) is 23.6 Å². The van der Waals surface area contributed by atoms with Crippen molar-refractivity contribution in [3.8, 4) is 5.69 Å². The number of halogens is 1. The highest BCUT2D eigenvalue weighted by Crippen LogP contribution is 2.29. The summed E-state index contributed by atoms with van der Waals surface area (Å²) in [6.45, 7) is 8.57. The summed E-state index contributed by atoms with van der Waals surface area (Å²) in [6, 6.07) is 26.8. The summed E-state index contributed by atoms with van der Waals surface area (Å²) >= 11 is 6.48. The van der Waals surface area contributed by atoms with Crippen LogP contribution < -0.4 is 5.32 Å². The molecule has 39 heavy (non-hydrogen) atoms. The maximum Gasteiger partial charge on any atom is 0.254 e. The van der Waals surface area contributed by atoms with Gasteiger partial charge in [-0.3, -0.25) is 9.59 Å². The lowest BCUT2D eigenvalue weighted by molar-refractivity contribution is -0.116. The summed E-state index contributed by atoms with van der Waals surface area (Å²) in [7, 11) is 0. The number of aryl methyl sites for hydroxylation is 1. The standard InChI is InChI=1S/C32H35ClN4O2/c1-5-23-15-17-25(18-16-23)31(39)36(20-19-24-11-7-6-8-12-24)22-30(38)34-29-21-28(32(2,3)4)35-37(29)27-14-10-9-13-26(27)33/h6-18,21H,5,19-20,22H2,1-4H3,(H,34,38). The van der Waals surface area contributed by atoms with Crippen molar-refractivity contribution in [1.82, 2.24) is 14.7 Å². The minimum atomic E-state index is -0.310. The number of hydrogen-bond donors (Lipinski definition) is 1. The smallest absolute Gasteiger partial charge is 0.254 e. The van der Waals surface area contributed by atoms with Gasteiger partial charge in [0.25, 0.3) is 5.91 Å². The highest BCUT2D eigenvalue weighted by molar-refractivity contribution is 6.32. The van der Waals surface area contributed by atoms with Crippen molar-refractivity contribution < 1.29 is 9.59 Å². The molecule has 6 nitrogen and oxygen atoms in total. The van der Waals surface area contributed by atoms with Crippen molar-refractivity contribution in [3.05, 3.63) is 112 Å². The van der Waals surface area contributed by atoms with E-state index >= 15 is 0 Å². The summed E-state index contributed by atoms with van der Waals surface area (Å²) in [4.78, 5) is 28.6. The van der Waals surface area contributed by atoms with Crippen LogP contribution in [-0.2, 0) is 23.1 Å². The number of anilines is 1. The van der Waals surface area contributed by atoms with E-state index in [1.807, 2.05) is 78.9 Å². The van der Waals surface area contributed by atoms with Gasteiger partial charge >= 0.3 is 0 Å². The Kier molecular flexibility index (Phi) is 8.87. The first-order valence-electron chi connectivity index (χ1n) is 13.2. The van der Waals surface area contributed by atoms with Crippen LogP contribution in [0.5, 0.6) is 0 Å². The molecule has 0 fully saturated rings. The Hall–Kier alpha value is -3.90. The Morgan fingerprint density at radius 2 is 1.59 bits per heavy atom. The highest BCUT2D eigenvalue weighted by Gasteiger charge is 2.24. The lowest BCUT2D eigenvalue weighted by Crippen LogP contribution is -2.39. The molecule has 0 aliphatic carbocycles. The third-order valence-electron chi connectivity index (χ3n) is 6.57. The van der Waals surface area contributed by atoms with Gasteiger partial charge in [0.1, 0.15) is 12.4 Å². The molecule has 4 aromatic rings. The van der Waals surface area contributed by atoms with Crippen molar-refractivity contribution >= 4 is 29.2 Å². The minimum Gasteiger partial charge on any atom is -0.329 e. The first-order valence-corrected chi connectivity index (χ1v) is 13.6. The van der Waals surface area contributed by atoms with Crippen molar-refractivity contribution in [2.45, 2.75) is 46.0 Å². The van der Waals surface area contributed by atoms with Crippen molar-refractivity contribution in [3.63, 3.8) is 0 Å². The van der Waals surface area contributed by atoms with Gasteiger partial charge in [-0.05, 0) is 48.2 Å². The number of rotatable bonds is 9. The molecule has 0 saturated carbocycles. The Bertz CT molecular complexity index is 1420. The Balaban J connectivity index is 1.59. The van der Waals surface area contributed by atoms with E-state index in [2.05, 4.69) is 33.0 Å². The fourth-order valence-corrected chi connectivity index (χ4v) is 4.44. The number of aromatic nitrogens is 2. The predicted molar refractivity (Wildman–Crippen MR) is 158 cm³/mol. The molecule has 1 N–H and O–H groups in total. The molecule has 0 atom stereocenters. The SMILES string of the molecule is CCc1ccc(C(=O)N(CCc2ccccc2)CC(=O)Nc2cc(C(C)(C)C)nn2-c2ccccc2Cl)cc1. The zero-order valence-electron chi connectivity index (χ0n) is 22.9. The van der Waals surface area contributed by atoms with Gasteiger partial charge in [0.05, 0.1) is 16.4 Å². The molecular weight excluding hydrogens is 508 g/mol. The van der Waals surface area contributed by atoms with E-state index < -0.39 is 0 Å². The van der Waals surface area contributed by atoms with E-state index in [0.29, 0.717) is 35.1 Å². The van der Waals surface area contributed by atoms with Crippen LogP contribution in [0.2, 0.25) is 5.02 Å². The molecule has 0 saturated heterocycles. The van der Waals surface area contributed by atoms with E-state index in [0.717, 1.165) is 23.2 Å². The summed E-state index contributed by atoms with van der Waals surface area (Å²) < 4.78 is 1.65. The van der Waals surface area contributed by atoms with Crippen molar-refractivity contribution in [1.29, 1.82) is 0 Å². The maximum atomic E-state index is 13.5. The van der Waals surface area contributed by atoms with Gasteiger partial charge in [-0.25, -0.2) is 4.68 Å². The summed E-state index contributed by atoms with van der Waals surface area (Å²) in [6.07, 6.45) is 1.53. The highest BCUT2D eigenvalue weighted by atomic mass is 35.5. The normalized spacial score (nSPS) is 11.3. The number of hydrogen-bond acceptors (Lipinski definition) is 3. The first-order chi connectivity index (χ1) is 18.7. The molecule has 2 amide bonds. The fourth-order valence-electron chi connectivity index (χ4n) is 4.23. The van der Waals surface area contributed by atoms with E-state index in [-0.39, 0.29) is 23.8 Å². The second-order valence-corrected chi connectivity index (χ2v) is 11.0. The van der Waals surface area contributed by atoms with Crippen LogP contribution in [0.3, 0.4) is 0 Å². The number of nitrogens with zero attached hydrogens (tertiary/aromatic N) is 3. The largest absolute Gasteiger partial charge is 0.329 e. The van der Waals surface area contributed by atoms with Crippen LogP contribution >= 0.6 is 11.6 Å². The van der Waals surface area contributed by atoms with Crippen LogP contribution in [0.4, 0.5) is 5.82 Å². The predicted octanol–water partition coefficient (Wildman–Crippen LogP) is 6.71. The maximum absolute atomic E-state index is 13.5. The van der Waals surface area contributed by atoms with Gasteiger partial charge in [-0.2, -0.15) is 5.10 Å². The lowest BCUT2D eigenvalue weighted by atomic mass is 9.92. The monoisotopic (exact) mass is 542 g/mol. The van der Waals surface area contributed by atoms with Gasteiger partial charge in [-0.15, -0.1) is 0 Å². The molecular formula is C32H35ClN4O2. The summed E-state index contributed by atoms with van der Waals surface area (Å²) in [5.74, 6) is 0.00904.